The average molecular weight is 379 g/mol. The zero-order valence-electron chi connectivity index (χ0n) is 14.6. The van der Waals surface area contributed by atoms with Crippen molar-refractivity contribution in [3.05, 3.63) is 65.9 Å². The van der Waals surface area contributed by atoms with E-state index in [-0.39, 0.29) is 11.7 Å². The number of pyridine rings is 1. The minimum Gasteiger partial charge on any atom is -0.497 e. The lowest BCUT2D eigenvalue weighted by Gasteiger charge is -2.07. The Bertz CT molecular complexity index is 948. The van der Waals surface area contributed by atoms with Crippen molar-refractivity contribution in [2.75, 3.05) is 12.9 Å². The van der Waals surface area contributed by atoms with Gasteiger partial charge in [-0.3, -0.25) is 4.79 Å². The first-order valence-corrected chi connectivity index (χ1v) is 9.15. The van der Waals surface area contributed by atoms with Crippen LogP contribution in [-0.2, 0) is 11.3 Å². The summed E-state index contributed by atoms with van der Waals surface area (Å²) in [6.45, 7) is 0.425. The largest absolute Gasteiger partial charge is 0.497 e. The van der Waals surface area contributed by atoms with Crippen molar-refractivity contribution >= 4 is 17.7 Å². The van der Waals surface area contributed by atoms with Gasteiger partial charge in [-0.15, -0.1) is 0 Å². The van der Waals surface area contributed by atoms with E-state index in [0.29, 0.717) is 28.6 Å². The van der Waals surface area contributed by atoms with Gasteiger partial charge in [-0.05, 0) is 42.0 Å². The Morgan fingerprint density at radius 2 is 2.07 bits per heavy atom. The van der Waals surface area contributed by atoms with Crippen LogP contribution in [0.5, 0.6) is 5.75 Å². The number of methoxy groups -OCH3 is 1. The van der Waals surface area contributed by atoms with Crippen molar-refractivity contribution in [3.8, 4) is 23.3 Å². The van der Waals surface area contributed by atoms with Gasteiger partial charge in [0, 0.05) is 6.54 Å². The molecule has 3 aromatic rings. The Labute approximate surface area is 161 Å². The lowest BCUT2D eigenvalue weighted by Crippen LogP contribution is -2.24. The molecule has 7 heteroatoms. The van der Waals surface area contributed by atoms with E-state index in [1.165, 1.54) is 11.8 Å². The summed E-state index contributed by atoms with van der Waals surface area (Å²) in [5.41, 5.74) is 2.03. The third-order valence-electron chi connectivity index (χ3n) is 3.74. The first kappa shape index (κ1) is 18.5. The zero-order chi connectivity index (χ0) is 19.1. The minimum atomic E-state index is -0.134. The molecular formula is C20H17N3O3S. The fourth-order valence-electron chi connectivity index (χ4n) is 2.33. The van der Waals surface area contributed by atoms with Crippen LogP contribution in [0.3, 0.4) is 0 Å². The quantitative estimate of drug-likeness (QED) is 0.631. The number of hydrogen-bond acceptors (Lipinski definition) is 6. The maximum absolute atomic E-state index is 12.1. The summed E-state index contributed by atoms with van der Waals surface area (Å²) in [6.07, 6.45) is 1.56. The highest BCUT2D eigenvalue weighted by atomic mass is 32.2. The third kappa shape index (κ3) is 4.90. The number of nitrogens with one attached hydrogen (secondary N) is 1. The fourth-order valence-corrected chi connectivity index (χ4v) is 3.13. The summed E-state index contributed by atoms with van der Waals surface area (Å²) >= 11 is 1.23. The molecule has 0 saturated carbocycles. The number of rotatable bonds is 7. The lowest BCUT2D eigenvalue weighted by atomic mass is 10.2. The van der Waals surface area contributed by atoms with Crippen molar-refractivity contribution in [2.24, 2.45) is 0 Å². The molecule has 27 heavy (non-hydrogen) atoms. The van der Waals surface area contributed by atoms with Crippen LogP contribution in [0.4, 0.5) is 0 Å². The summed E-state index contributed by atoms with van der Waals surface area (Å²) in [5.74, 6) is 1.42. The van der Waals surface area contributed by atoms with E-state index in [1.54, 1.807) is 37.6 Å². The van der Waals surface area contributed by atoms with Gasteiger partial charge in [-0.1, -0.05) is 23.9 Å². The predicted octanol–water partition coefficient (Wildman–Crippen LogP) is 3.63. The molecule has 0 aliphatic rings. The molecule has 1 amide bonds. The van der Waals surface area contributed by atoms with Crippen LogP contribution in [-0.4, -0.2) is 23.8 Å². The summed E-state index contributed by atoms with van der Waals surface area (Å²) in [4.78, 5) is 16.6. The van der Waals surface area contributed by atoms with Gasteiger partial charge in [-0.25, -0.2) is 4.98 Å². The number of furan rings is 1. The Morgan fingerprint density at radius 1 is 1.26 bits per heavy atom. The monoisotopic (exact) mass is 379 g/mol. The van der Waals surface area contributed by atoms with Crippen LogP contribution >= 0.6 is 11.8 Å². The molecule has 3 rings (SSSR count). The van der Waals surface area contributed by atoms with Gasteiger partial charge in [0.25, 0.3) is 0 Å². The van der Waals surface area contributed by atoms with Crippen molar-refractivity contribution in [2.45, 2.75) is 11.6 Å². The topological polar surface area (TPSA) is 88.2 Å². The SMILES string of the molecule is COc1ccc(CNC(=O)CSc2nc(-c3ccco3)ccc2C#N)cc1. The average Bonchev–Trinajstić information content (AvgIpc) is 3.25. The van der Waals surface area contributed by atoms with E-state index in [0.717, 1.165) is 11.3 Å². The first-order valence-electron chi connectivity index (χ1n) is 8.17. The smallest absolute Gasteiger partial charge is 0.230 e. The number of thioether (sulfide) groups is 1. The summed E-state index contributed by atoms with van der Waals surface area (Å²) in [5, 5.41) is 12.6. The number of carbonyl (C=O) groups excluding carboxylic acids is 1. The van der Waals surface area contributed by atoms with Gasteiger partial charge in [0.1, 0.15) is 22.5 Å². The molecule has 136 valence electrons. The molecular weight excluding hydrogens is 362 g/mol. The molecule has 0 bridgehead atoms. The van der Waals surface area contributed by atoms with Gasteiger partial charge in [0.05, 0.1) is 24.7 Å². The summed E-state index contributed by atoms with van der Waals surface area (Å²) in [6, 6.07) is 16.6. The second-order valence-corrected chi connectivity index (χ2v) is 6.52. The number of ether oxygens (including phenoxy) is 1. The highest BCUT2D eigenvalue weighted by Crippen LogP contribution is 2.25. The van der Waals surface area contributed by atoms with E-state index in [4.69, 9.17) is 9.15 Å². The Balaban J connectivity index is 1.59. The molecule has 0 aliphatic carbocycles. The van der Waals surface area contributed by atoms with Crippen LogP contribution in [0.2, 0.25) is 0 Å². The number of nitriles is 1. The van der Waals surface area contributed by atoms with Crippen LogP contribution < -0.4 is 10.1 Å². The highest BCUT2D eigenvalue weighted by Gasteiger charge is 2.11. The second kappa shape index (κ2) is 8.92. The van der Waals surface area contributed by atoms with E-state index in [9.17, 15) is 10.1 Å². The zero-order valence-corrected chi connectivity index (χ0v) is 15.5. The standard InChI is InChI=1S/C20H17N3O3S/c1-25-16-7-4-14(5-8-16)12-22-19(24)13-27-20-15(11-21)6-9-17(23-20)18-3-2-10-26-18/h2-10H,12-13H2,1H3,(H,22,24). The molecule has 0 unspecified atom stereocenters. The van der Waals surface area contributed by atoms with Gasteiger partial charge in [-0.2, -0.15) is 5.26 Å². The molecule has 1 N–H and O–H groups in total. The molecule has 2 aromatic heterocycles. The number of carbonyl (C=O) groups is 1. The number of hydrogen-bond donors (Lipinski definition) is 1. The highest BCUT2D eigenvalue weighted by molar-refractivity contribution is 8.00. The molecule has 0 radical (unpaired) electrons. The molecule has 0 saturated heterocycles. The van der Waals surface area contributed by atoms with Crippen molar-refractivity contribution < 1.29 is 13.9 Å². The maximum atomic E-state index is 12.1. The van der Waals surface area contributed by atoms with Crippen molar-refractivity contribution in [1.29, 1.82) is 5.26 Å². The molecule has 0 aliphatic heterocycles. The molecule has 6 nitrogen and oxygen atoms in total. The van der Waals surface area contributed by atoms with Crippen molar-refractivity contribution in [3.63, 3.8) is 0 Å². The van der Waals surface area contributed by atoms with Gasteiger partial charge >= 0.3 is 0 Å². The number of nitrogens with zero attached hydrogens (tertiary/aromatic N) is 2. The third-order valence-corrected chi connectivity index (χ3v) is 4.73. The Hall–Kier alpha value is -3.24. The minimum absolute atomic E-state index is 0.134. The van der Waals surface area contributed by atoms with Crippen LogP contribution in [0.25, 0.3) is 11.5 Å². The van der Waals surface area contributed by atoms with Gasteiger partial charge < -0.3 is 14.5 Å². The van der Waals surface area contributed by atoms with Crippen LogP contribution in [0.1, 0.15) is 11.1 Å². The Morgan fingerprint density at radius 3 is 2.74 bits per heavy atom. The van der Waals surface area contributed by atoms with Gasteiger partial charge in [0.2, 0.25) is 5.91 Å². The van der Waals surface area contributed by atoms with E-state index >= 15 is 0 Å². The summed E-state index contributed by atoms with van der Waals surface area (Å²) < 4.78 is 10.4. The van der Waals surface area contributed by atoms with Crippen LogP contribution in [0.15, 0.2) is 64.2 Å². The van der Waals surface area contributed by atoms with Crippen LogP contribution in [0, 0.1) is 11.3 Å². The molecule has 0 fully saturated rings. The molecule has 0 spiro atoms. The number of amides is 1. The Kier molecular flexibility index (Phi) is 6.13. The van der Waals surface area contributed by atoms with Gasteiger partial charge in [0.15, 0.2) is 5.76 Å². The number of aromatic nitrogens is 1. The fraction of sp³-hybridized carbons (Fsp3) is 0.150. The second-order valence-electron chi connectivity index (χ2n) is 5.55. The van der Waals surface area contributed by atoms with E-state index in [2.05, 4.69) is 16.4 Å². The maximum Gasteiger partial charge on any atom is 0.230 e. The molecule has 1 aromatic carbocycles. The van der Waals surface area contributed by atoms with Crippen molar-refractivity contribution in [1.82, 2.24) is 10.3 Å². The normalized spacial score (nSPS) is 10.2. The number of benzene rings is 1. The predicted molar refractivity (Wildman–Crippen MR) is 102 cm³/mol. The molecule has 0 atom stereocenters. The van der Waals surface area contributed by atoms with E-state index < -0.39 is 0 Å². The molecule has 2 heterocycles. The summed E-state index contributed by atoms with van der Waals surface area (Å²) in [7, 11) is 1.61. The lowest BCUT2D eigenvalue weighted by molar-refractivity contribution is -0.118. The van der Waals surface area contributed by atoms with E-state index in [1.807, 2.05) is 24.3 Å². The first-order chi connectivity index (χ1) is 13.2.